The van der Waals surface area contributed by atoms with Crippen LogP contribution in [0, 0.1) is 0 Å². The first-order valence-corrected chi connectivity index (χ1v) is 2.67. The molecule has 0 aromatic rings. The fraction of sp³-hybridized carbons (Fsp3) is 0.333. The molecule has 0 spiro atoms. The minimum absolute atomic E-state index is 0.116. The maximum atomic E-state index is 10.6. The number of likely N-dealkylation sites (tertiary alicyclic amines) is 1. The van der Waals surface area contributed by atoms with Gasteiger partial charge < -0.3 is 4.90 Å². The largest absolute Gasteiger partial charge is 0.324 e. The molecule has 1 rings (SSSR count). The molecule has 9 heavy (non-hydrogen) atoms. The van der Waals surface area contributed by atoms with Crippen molar-refractivity contribution in [2.24, 2.45) is 0 Å². The zero-order chi connectivity index (χ0) is 6.85. The zero-order valence-corrected chi connectivity index (χ0v) is 4.96. The first-order chi connectivity index (χ1) is 4.24. The van der Waals surface area contributed by atoms with Crippen molar-refractivity contribution in [3.8, 4) is 0 Å². The van der Waals surface area contributed by atoms with Crippen LogP contribution in [0.3, 0.4) is 0 Å². The van der Waals surface area contributed by atoms with Gasteiger partial charge in [0.1, 0.15) is 0 Å². The van der Waals surface area contributed by atoms with Crippen LogP contribution in [0.2, 0.25) is 0 Å². The predicted octanol–water partition coefficient (Wildman–Crippen LogP) is -0.416. The van der Waals surface area contributed by atoms with Gasteiger partial charge in [0.15, 0.2) is 5.78 Å². The molecule has 3 heteroatoms. The van der Waals surface area contributed by atoms with Gasteiger partial charge >= 0.3 is 0 Å². The van der Waals surface area contributed by atoms with E-state index in [4.69, 9.17) is 0 Å². The highest BCUT2D eigenvalue weighted by Crippen LogP contribution is 2.01. The van der Waals surface area contributed by atoms with Crippen LogP contribution < -0.4 is 0 Å². The number of amides is 1. The molecular weight excluding hydrogens is 118 g/mol. The van der Waals surface area contributed by atoms with Gasteiger partial charge in [-0.15, -0.1) is 0 Å². The molecular formula is C6H7NO2. The van der Waals surface area contributed by atoms with Crippen molar-refractivity contribution in [2.45, 2.75) is 0 Å². The summed E-state index contributed by atoms with van der Waals surface area (Å²) in [5.74, 6) is -0.0419. The lowest BCUT2D eigenvalue weighted by atomic mass is 10.2. The van der Waals surface area contributed by atoms with E-state index >= 15 is 0 Å². The van der Waals surface area contributed by atoms with Crippen LogP contribution in [0.1, 0.15) is 0 Å². The van der Waals surface area contributed by atoms with Crippen molar-refractivity contribution < 1.29 is 9.59 Å². The van der Waals surface area contributed by atoms with Gasteiger partial charge in [-0.2, -0.15) is 0 Å². The van der Waals surface area contributed by atoms with E-state index in [-0.39, 0.29) is 24.8 Å². The Morgan fingerprint density at radius 3 is 2.56 bits per heavy atom. The molecule has 0 aliphatic carbocycles. The molecule has 0 bridgehead atoms. The lowest BCUT2D eigenvalue weighted by molar-refractivity contribution is -0.141. The second-order valence-electron chi connectivity index (χ2n) is 1.94. The summed E-state index contributed by atoms with van der Waals surface area (Å²) in [6, 6.07) is 0. The van der Waals surface area contributed by atoms with Crippen molar-refractivity contribution in [3.63, 3.8) is 0 Å². The van der Waals surface area contributed by atoms with E-state index in [0.29, 0.717) is 0 Å². The quantitative estimate of drug-likeness (QED) is 0.446. The second-order valence-corrected chi connectivity index (χ2v) is 1.94. The molecule has 0 N–H and O–H groups in total. The summed E-state index contributed by atoms with van der Waals surface area (Å²) in [4.78, 5) is 22.3. The highest BCUT2D eigenvalue weighted by Gasteiger charge is 2.25. The first-order valence-electron chi connectivity index (χ1n) is 2.67. The number of hydrogen-bond donors (Lipinski definition) is 0. The molecule has 48 valence electrons. The van der Waals surface area contributed by atoms with Crippen molar-refractivity contribution in [3.05, 3.63) is 12.7 Å². The van der Waals surface area contributed by atoms with Crippen LogP contribution in [-0.2, 0) is 9.59 Å². The molecule has 1 aliphatic rings. The Morgan fingerprint density at radius 1 is 1.67 bits per heavy atom. The number of carbonyl (C=O) groups excluding carboxylic acids is 2. The summed E-state index contributed by atoms with van der Waals surface area (Å²) in [6.07, 6.45) is 1.21. The Kier molecular flexibility index (Phi) is 1.34. The first kappa shape index (κ1) is 6.01. The Hall–Kier alpha value is -1.12. The molecule has 0 unspecified atom stereocenters. The summed E-state index contributed by atoms with van der Waals surface area (Å²) in [5, 5.41) is 0. The van der Waals surface area contributed by atoms with Crippen molar-refractivity contribution in [2.75, 3.05) is 13.1 Å². The van der Waals surface area contributed by atoms with E-state index in [0.717, 1.165) is 0 Å². The summed E-state index contributed by atoms with van der Waals surface area (Å²) < 4.78 is 0. The third kappa shape index (κ3) is 0.988. The number of rotatable bonds is 1. The van der Waals surface area contributed by atoms with Gasteiger partial charge in [0.2, 0.25) is 5.91 Å². The summed E-state index contributed by atoms with van der Waals surface area (Å²) >= 11 is 0. The standard InChI is InChI=1S/C6H7NO2/c1-2-6(9)7-3-5(8)4-7/h2H,1,3-4H2. The van der Waals surface area contributed by atoms with E-state index in [2.05, 4.69) is 6.58 Å². The molecule has 1 heterocycles. The third-order valence-corrected chi connectivity index (χ3v) is 1.22. The topological polar surface area (TPSA) is 37.4 Å². The van der Waals surface area contributed by atoms with Gasteiger partial charge in [0, 0.05) is 0 Å². The number of nitrogens with zero attached hydrogens (tertiary/aromatic N) is 1. The third-order valence-electron chi connectivity index (χ3n) is 1.22. The molecule has 1 aliphatic heterocycles. The monoisotopic (exact) mass is 125 g/mol. The van der Waals surface area contributed by atoms with Crippen LogP contribution in [0.4, 0.5) is 0 Å². The molecule has 3 nitrogen and oxygen atoms in total. The van der Waals surface area contributed by atoms with E-state index in [9.17, 15) is 9.59 Å². The molecule has 0 aromatic carbocycles. The summed E-state index contributed by atoms with van der Waals surface area (Å²) in [6.45, 7) is 3.82. The minimum Gasteiger partial charge on any atom is -0.324 e. The minimum atomic E-state index is -0.158. The van der Waals surface area contributed by atoms with E-state index < -0.39 is 0 Å². The molecule has 0 saturated carbocycles. The van der Waals surface area contributed by atoms with Gasteiger partial charge in [-0.05, 0) is 6.08 Å². The molecule has 1 saturated heterocycles. The normalized spacial score (nSPS) is 16.9. The van der Waals surface area contributed by atoms with E-state index in [1.165, 1.54) is 11.0 Å². The SMILES string of the molecule is C=CC(=O)N1CC(=O)C1. The Labute approximate surface area is 53.0 Å². The Bertz CT molecular complexity index is 166. The molecule has 0 radical (unpaired) electrons. The van der Waals surface area contributed by atoms with Gasteiger partial charge in [-0.3, -0.25) is 9.59 Å². The Balaban J connectivity index is 2.40. The maximum Gasteiger partial charge on any atom is 0.246 e. The van der Waals surface area contributed by atoms with E-state index in [1.54, 1.807) is 0 Å². The van der Waals surface area contributed by atoms with Gasteiger partial charge in [0.05, 0.1) is 13.1 Å². The van der Waals surface area contributed by atoms with Crippen LogP contribution in [0.15, 0.2) is 12.7 Å². The van der Waals surface area contributed by atoms with Crippen LogP contribution in [0.25, 0.3) is 0 Å². The van der Waals surface area contributed by atoms with Crippen molar-refractivity contribution >= 4 is 11.7 Å². The summed E-state index contributed by atoms with van der Waals surface area (Å²) in [5.41, 5.74) is 0. The Morgan fingerprint density at radius 2 is 2.22 bits per heavy atom. The zero-order valence-electron chi connectivity index (χ0n) is 4.96. The van der Waals surface area contributed by atoms with Crippen LogP contribution in [-0.4, -0.2) is 29.7 Å². The van der Waals surface area contributed by atoms with Crippen molar-refractivity contribution in [1.29, 1.82) is 0 Å². The fourth-order valence-electron chi connectivity index (χ4n) is 0.664. The molecule has 1 fully saturated rings. The van der Waals surface area contributed by atoms with Crippen molar-refractivity contribution in [1.82, 2.24) is 4.90 Å². The van der Waals surface area contributed by atoms with Crippen LogP contribution in [0.5, 0.6) is 0 Å². The number of ketones is 1. The van der Waals surface area contributed by atoms with Gasteiger partial charge in [-0.1, -0.05) is 6.58 Å². The highest BCUT2D eigenvalue weighted by atomic mass is 16.2. The summed E-state index contributed by atoms with van der Waals surface area (Å²) in [7, 11) is 0. The average molecular weight is 125 g/mol. The number of carbonyl (C=O) groups is 2. The smallest absolute Gasteiger partial charge is 0.246 e. The average Bonchev–Trinajstić information content (AvgIpc) is 1.79. The van der Waals surface area contributed by atoms with E-state index in [1.807, 2.05) is 0 Å². The molecule has 1 amide bonds. The lowest BCUT2D eigenvalue weighted by Crippen LogP contribution is -2.49. The van der Waals surface area contributed by atoms with Crippen LogP contribution >= 0.6 is 0 Å². The number of Topliss-reactive ketones (excluding diaryl/α,β-unsaturated/α-hetero) is 1. The van der Waals surface area contributed by atoms with Gasteiger partial charge in [0.25, 0.3) is 0 Å². The highest BCUT2D eigenvalue weighted by molar-refractivity contribution is 5.99. The molecule has 0 aromatic heterocycles. The maximum absolute atomic E-state index is 10.6. The van der Waals surface area contributed by atoms with Gasteiger partial charge in [-0.25, -0.2) is 0 Å². The molecule has 0 atom stereocenters. The predicted molar refractivity (Wildman–Crippen MR) is 31.8 cm³/mol. The number of hydrogen-bond acceptors (Lipinski definition) is 2. The second kappa shape index (κ2) is 2.01. The fourth-order valence-corrected chi connectivity index (χ4v) is 0.664. The lowest BCUT2D eigenvalue weighted by Gasteiger charge is -2.27.